The third-order valence-electron chi connectivity index (χ3n) is 5.75. The molecule has 5 unspecified atom stereocenters. The molecule has 5 N–H and O–H groups in total. The minimum atomic E-state index is -1.79. The molecular formula is C22H25N3O7S. The fraction of sp³-hybridized carbons (Fsp3) is 0.409. The van der Waals surface area contributed by atoms with Crippen LogP contribution in [-0.2, 0) is 16.0 Å². The molecule has 4 rings (SSSR count). The second kappa shape index (κ2) is 9.20. The van der Waals surface area contributed by atoms with Gasteiger partial charge in [0.05, 0.1) is 10.2 Å². The first-order valence-corrected chi connectivity index (χ1v) is 11.1. The van der Waals surface area contributed by atoms with Gasteiger partial charge in [-0.05, 0) is 36.6 Å². The summed E-state index contributed by atoms with van der Waals surface area (Å²) in [5, 5.41) is 43.7. The van der Waals surface area contributed by atoms with Gasteiger partial charge in [0.25, 0.3) is 0 Å². The van der Waals surface area contributed by atoms with Crippen molar-refractivity contribution in [3.63, 3.8) is 0 Å². The zero-order valence-electron chi connectivity index (χ0n) is 18.2. The first-order valence-electron chi connectivity index (χ1n) is 10.3. The van der Waals surface area contributed by atoms with E-state index in [0.29, 0.717) is 12.2 Å². The maximum atomic E-state index is 11.5. The number of hydrogen-bond acceptors (Lipinski definition) is 10. The van der Waals surface area contributed by atoms with Crippen LogP contribution in [0.3, 0.4) is 0 Å². The van der Waals surface area contributed by atoms with E-state index < -0.39 is 36.7 Å². The number of nitrogens with zero attached hydrogens (tertiary/aromatic N) is 2. The van der Waals surface area contributed by atoms with Crippen LogP contribution in [0.5, 0.6) is 5.75 Å². The Bertz CT molecular complexity index is 1170. The van der Waals surface area contributed by atoms with E-state index in [1.165, 1.54) is 11.3 Å². The minimum absolute atomic E-state index is 0.393. The summed E-state index contributed by atoms with van der Waals surface area (Å²) in [4.78, 5) is 20.3. The van der Waals surface area contributed by atoms with Crippen molar-refractivity contribution in [3.05, 3.63) is 46.8 Å². The zero-order chi connectivity index (χ0) is 23.9. The number of aromatic nitrogens is 2. The van der Waals surface area contributed by atoms with Crippen LogP contribution in [0.1, 0.15) is 22.3 Å². The predicted molar refractivity (Wildman–Crippen MR) is 121 cm³/mol. The number of benzene rings is 1. The number of aliphatic carboxylic acids is 1. The maximum Gasteiger partial charge on any atom is 0.335 e. The van der Waals surface area contributed by atoms with Gasteiger partial charge >= 0.3 is 5.97 Å². The van der Waals surface area contributed by atoms with Crippen molar-refractivity contribution in [2.75, 3.05) is 12.4 Å². The van der Waals surface area contributed by atoms with Crippen LogP contribution in [0, 0.1) is 13.8 Å². The van der Waals surface area contributed by atoms with E-state index in [1.54, 1.807) is 19.4 Å². The van der Waals surface area contributed by atoms with Crippen molar-refractivity contribution in [1.82, 2.24) is 9.97 Å². The largest absolute Gasteiger partial charge is 0.479 e. The van der Waals surface area contributed by atoms with Gasteiger partial charge in [0.15, 0.2) is 11.2 Å². The van der Waals surface area contributed by atoms with Crippen LogP contribution in [0.4, 0.5) is 5.13 Å². The van der Waals surface area contributed by atoms with Crippen LogP contribution < -0.4 is 10.1 Å². The van der Waals surface area contributed by atoms with E-state index in [1.807, 2.05) is 26.0 Å². The number of aliphatic hydroxyl groups excluding tert-OH is 3. The lowest BCUT2D eigenvalue weighted by atomic mass is 9.96. The fourth-order valence-electron chi connectivity index (χ4n) is 3.95. The van der Waals surface area contributed by atoms with Crippen LogP contribution in [0.25, 0.3) is 10.2 Å². The molecule has 1 fully saturated rings. The SMILES string of the molecule is CNc1nc2c(Cc3cccnc3)c(C)c(OC3OC(C(=O)O)C(O)C(O)C3O)c(C)c2s1. The molecule has 0 aliphatic carbocycles. The number of thiazole rings is 1. The molecule has 1 aliphatic heterocycles. The topological polar surface area (TPSA) is 154 Å². The fourth-order valence-corrected chi connectivity index (χ4v) is 4.89. The monoisotopic (exact) mass is 475 g/mol. The molecule has 11 heteroatoms. The van der Waals surface area contributed by atoms with Crippen molar-refractivity contribution in [2.45, 2.75) is 51.0 Å². The molecule has 0 radical (unpaired) electrons. The number of rotatable bonds is 6. The smallest absolute Gasteiger partial charge is 0.335 e. The first-order chi connectivity index (χ1) is 15.7. The van der Waals surface area contributed by atoms with Gasteiger partial charge in [-0.1, -0.05) is 17.4 Å². The van der Waals surface area contributed by atoms with E-state index >= 15 is 0 Å². The summed E-state index contributed by atoms with van der Waals surface area (Å²) in [5.41, 5.74) is 4.13. The Balaban J connectivity index is 1.79. The number of aryl methyl sites for hydroxylation is 1. The second-order valence-electron chi connectivity index (χ2n) is 7.90. The van der Waals surface area contributed by atoms with E-state index in [2.05, 4.69) is 10.3 Å². The van der Waals surface area contributed by atoms with Gasteiger partial charge in [-0.25, -0.2) is 9.78 Å². The maximum absolute atomic E-state index is 11.5. The van der Waals surface area contributed by atoms with E-state index in [4.69, 9.17) is 14.5 Å². The molecule has 176 valence electrons. The summed E-state index contributed by atoms with van der Waals surface area (Å²) in [6.45, 7) is 3.69. The average molecular weight is 476 g/mol. The Labute approximate surface area is 193 Å². The number of anilines is 1. The molecular weight excluding hydrogens is 450 g/mol. The lowest BCUT2D eigenvalue weighted by Gasteiger charge is -2.39. The molecule has 3 aromatic rings. The van der Waals surface area contributed by atoms with Crippen LogP contribution in [-0.4, -0.2) is 74.1 Å². The van der Waals surface area contributed by atoms with Crippen LogP contribution >= 0.6 is 11.3 Å². The van der Waals surface area contributed by atoms with Gasteiger partial charge in [-0.3, -0.25) is 4.98 Å². The second-order valence-corrected chi connectivity index (χ2v) is 8.89. The van der Waals surface area contributed by atoms with Gasteiger partial charge in [0, 0.05) is 31.4 Å². The number of nitrogens with one attached hydrogen (secondary N) is 1. The predicted octanol–water partition coefficient (Wildman–Crippen LogP) is 1.21. The summed E-state index contributed by atoms with van der Waals surface area (Å²) in [5.74, 6) is -1.08. The number of ether oxygens (including phenoxy) is 2. The molecule has 10 nitrogen and oxygen atoms in total. The first kappa shape index (κ1) is 23.3. The quantitative estimate of drug-likeness (QED) is 0.351. The van der Waals surface area contributed by atoms with Gasteiger partial charge in [-0.2, -0.15) is 0 Å². The van der Waals surface area contributed by atoms with Crippen molar-refractivity contribution < 1.29 is 34.7 Å². The van der Waals surface area contributed by atoms with E-state index in [9.17, 15) is 25.2 Å². The highest BCUT2D eigenvalue weighted by atomic mass is 32.1. The molecule has 5 atom stereocenters. The third-order valence-corrected chi connectivity index (χ3v) is 6.94. The van der Waals surface area contributed by atoms with Gasteiger partial charge < -0.3 is 35.2 Å². The van der Waals surface area contributed by atoms with Gasteiger partial charge in [0.1, 0.15) is 24.1 Å². The zero-order valence-corrected chi connectivity index (χ0v) is 19.0. The molecule has 0 amide bonds. The Morgan fingerprint density at radius 3 is 2.61 bits per heavy atom. The standard InChI is InChI=1S/C22H25N3O7S/c1-9-12(7-11-5-4-6-24-8-11)13-19(33-22(23-3)25-13)10(2)17(9)31-21-16(28)14(26)15(27)18(32-21)20(29)30/h4-6,8,14-16,18,21,26-28H,7H2,1-3H3,(H,23,25)(H,29,30). The Kier molecular flexibility index (Phi) is 6.50. The molecule has 1 aromatic carbocycles. The summed E-state index contributed by atoms with van der Waals surface area (Å²) in [6, 6.07) is 3.80. The summed E-state index contributed by atoms with van der Waals surface area (Å²) in [6.07, 6.45) is -4.45. The number of aliphatic hydroxyl groups is 3. The Morgan fingerprint density at radius 2 is 1.97 bits per heavy atom. The lowest BCUT2D eigenvalue weighted by molar-refractivity contribution is -0.271. The van der Waals surface area contributed by atoms with Gasteiger partial charge in [-0.15, -0.1) is 0 Å². The molecule has 33 heavy (non-hydrogen) atoms. The normalized spacial score (nSPS) is 25.2. The van der Waals surface area contributed by atoms with Crippen molar-refractivity contribution in [3.8, 4) is 5.75 Å². The van der Waals surface area contributed by atoms with Gasteiger partial charge in [0.2, 0.25) is 6.29 Å². The van der Waals surface area contributed by atoms with Crippen molar-refractivity contribution >= 4 is 32.7 Å². The van der Waals surface area contributed by atoms with E-state index in [0.717, 1.165) is 37.6 Å². The summed E-state index contributed by atoms with van der Waals surface area (Å²) >= 11 is 1.44. The molecule has 0 bridgehead atoms. The van der Waals surface area contributed by atoms with Crippen LogP contribution in [0.2, 0.25) is 0 Å². The highest BCUT2D eigenvalue weighted by Gasteiger charge is 2.48. The number of pyridine rings is 1. The number of fused-ring (bicyclic) bond motifs is 1. The molecule has 0 saturated carbocycles. The Morgan fingerprint density at radius 1 is 1.21 bits per heavy atom. The molecule has 2 aromatic heterocycles. The van der Waals surface area contributed by atoms with Crippen molar-refractivity contribution in [2.24, 2.45) is 0 Å². The molecule has 3 heterocycles. The van der Waals surface area contributed by atoms with Crippen molar-refractivity contribution in [1.29, 1.82) is 0 Å². The average Bonchev–Trinajstić information content (AvgIpc) is 3.24. The number of hydrogen-bond donors (Lipinski definition) is 5. The number of carboxylic acids is 1. The Hall–Kier alpha value is -2.83. The molecule has 1 saturated heterocycles. The highest BCUT2D eigenvalue weighted by molar-refractivity contribution is 7.22. The number of carboxylic acid groups (broad SMARTS) is 1. The van der Waals surface area contributed by atoms with E-state index in [-0.39, 0.29) is 0 Å². The minimum Gasteiger partial charge on any atom is -0.479 e. The molecule has 0 spiro atoms. The third kappa shape index (κ3) is 4.25. The highest BCUT2D eigenvalue weighted by Crippen LogP contribution is 2.41. The summed E-state index contributed by atoms with van der Waals surface area (Å²) < 4.78 is 12.2. The summed E-state index contributed by atoms with van der Waals surface area (Å²) in [7, 11) is 1.78. The van der Waals surface area contributed by atoms with Crippen LogP contribution in [0.15, 0.2) is 24.5 Å². The number of carbonyl (C=O) groups is 1. The molecule has 1 aliphatic rings. The lowest BCUT2D eigenvalue weighted by Crippen LogP contribution is -2.61.